The molecule has 0 fully saturated rings. The molecule has 0 aliphatic carbocycles. The van der Waals surface area contributed by atoms with Crippen molar-refractivity contribution < 1.29 is 26.3 Å². The van der Waals surface area contributed by atoms with Crippen LogP contribution in [0.25, 0.3) is 52.8 Å². The predicted octanol–water partition coefficient (Wildman–Crippen LogP) is 11.2. The van der Waals surface area contributed by atoms with E-state index in [0.29, 0.717) is 33.5 Å². The van der Waals surface area contributed by atoms with Gasteiger partial charge in [-0.15, -0.1) is 22.7 Å². The number of fused-ring (bicyclic) bond motifs is 2. The summed E-state index contributed by atoms with van der Waals surface area (Å²) in [7, 11) is 0. The number of halogens is 6. The lowest BCUT2D eigenvalue weighted by atomic mass is 10.0. The molecule has 14 heteroatoms. The summed E-state index contributed by atoms with van der Waals surface area (Å²) in [4.78, 5) is 3.22. The van der Waals surface area contributed by atoms with Crippen molar-refractivity contribution in [3.05, 3.63) is 83.9 Å². The van der Waals surface area contributed by atoms with Gasteiger partial charge in [-0.05, 0) is 59.7 Å². The summed E-state index contributed by atoms with van der Waals surface area (Å²) in [6.45, 7) is 0. The third-order valence-electron chi connectivity index (χ3n) is 6.62. The van der Waals surface area contributed by atoms with Crippen LogP contribution in [0, 0.1) is 0 Å². The van der Waals surface area contributed by atoms with Crippen LogP contribution in [0.3, 0.4) is 0 Å². The SMILES string of the molecule is FC(F)(F)c1ccc(-c2ccc(-c3c4c(c(-c5ccc(-c6ccc(C(F)(F)F)cc6)s5)c5nsnc35)N=S=N4)s2)cc1. The van der Waals surface area contributed by atoms with Gasteiger partial charge in [-0.25, -0.2) is 0 Å². The van der Waals surface area contributed by atoms with Crippen LogP contribution in [0.15, 0.2) is 81.5 Å². The largest absolute Gasteiger partial charge is 0.416 e. The lowest BCUT2D eigenvalue weighted by Crippen LogP contribution is -2.03. The molecule has 0 N–H and O–H groups in total. The third-order valence-corrected chi connectivity index (χ3v) is 9.98. The van der Waals surface area contributed by atoms with Crippen molar-refractivity contribution in [2.45, 2.75) is 12.4 Å². The molecule has 0 bridgehead atoms. The van der Waals surface area contributed by atoms with Crippen LogP contribution in [0.1, 0.15) is 11.1 Å². The maximum atomic E-state index is 13.0. The van der Waals surface area contributed by atoms with Crippen molar-refractivity contribution in [3.63, 3.8) is 0 Å². The second kappa shape index (κ2) is 9.93. The number of nitrogens with zero attached hydrogens (tertiary/aromatic N) is 4. The molecule has 4 heterocycles. The van der Waals surface area contributed by atoms with Crippen LogP contribution in [-0.2, 0) is 23.7 Å². The number of hydrogen-bond donors (Lipinski definition) is 0. The van der Waals surface area contributed by atoms with Crippen LogP contribution in [0.5, 0.6) is 0 Å². The number of aromatic nitrogens is 2. The Hall–Kier alpha value is -3.72. The smallest absolute Gasteiger partial charge is 0.172 e. The number of alkyl halides is 6. The highest BCUT2D eigenvalue weighted by Crippen LogP contribution is 2.54. The molecule has 210 valence electrons. The highest BCUT2D eigenvalue weighted by atomic mass is 32.1. The lowest BCUT2D eigenvalue weighted by molar-refractivity contribution is -0.138. The van der Waals surface area contributed by atoms with Crippen molar-refractivity contribution >= 4 is 68.2 Å². The first kappa shape index (κ1) is 27.1. The molecule has 42 heavy (non-hydrogen) atoms. The average molecular weight is 647 g/mol. The summed E-state index contributed by atoms with van der Waals surface area (Å²) in [5, 5.41) is 0. The second-order valence-corrected chi connectivity index (χ2v) is 12.4. The molecule has 3 aromatic heterocycles. The molecule has 4 nitrogen and oxygen atoms in total. The molecular weight excluding hydrogens is 635 g/mol. The Balaban J connectivity index is 1.29. The Labute approximate surface area is 249 Å². The van der Waals surface area contributed by atoms with Gasteiger partial charge in [0.2, 0.25) is 0 Å². The van der Waals surface area contributed by atoms with E-state index in [-0.39, 0.29) is 0 Å². The van der Waals surface area contributed by atoms with Gasteiger partial charge < -0.3 is 0 Å². The van der Waals surface area contributed by atoms with E-state index in [1.54, 1.807) is 0 Å². The number of rotatable bonds is 4. The fraction of sp³-hybridized carbons (Fsp3) is 0.0714. The fourth-order valence-electron chi connectivity index (χ4n) is 4.63. The van der Waals surface area contributed by atoms with Gasteiger partial charge in [-0.1, -0.05) is 24.3 Å². The Morgan fingerprint density at radius 3 is 1.24 bits per heavy atom. The Morgan fingerprint density at radius 2 is 0.857 bits per heavy atom. The monoisotopic (exact) mass is 646 g/mol. The van der Waals surface area contributed by atoms with E-state index >= 15 is 0 Å². The Kier molecular flexibility index (Phi) is 6.42. The minimum Gasteiger partial charge on any atom is -0.172 e. The van der Waals surface area contributed by atoms with Gasteiger partial charge in [-0.2, -0.15) is 43.8 Å². The normalized spacial score (nSPS) is 13.1. The zero-order valence-electron chi connectivity index (χ0n) is 20.6. The van der Waals surface area contributed by atoms with E-state index in [0.717, 1.165) is 78.0 Å². The molecule has 1 aliphatic heterocycles. The highest BCUT2D eigenvalue weighted by molar-refractivity contribution is 7.58. The molecular formula is C28H12F6N4S4. The minimum atomic E-state index is -4.41. The highest BCUT2D eigenvalue weighted by Gasteiger charge is 2.31. The van der Waals surface area contributed by atoms with Crippen molar-refractivity contribution in [2.24, 2.45) is 8.73 Å². The number of hydrogen-bond acceptors (Lipinski definition) is 7. The first-order valence-electron chi connectivity index (χ1n) is 12.0. The van der Waals surface area contributed by atoms with Crippen molar-refractivity contribution in [2.75, 3.05) is 0 Å². The molecule has 3 aromatic carbocycles. The fourth-order valence-corrected chi connectivity index (χ4v) is 7.86. The van der Waals surface area contributed by atoms with Crippen molar-refractivity contribution in [1.29, 1.82) is 0 Å². The maximum Gasteiger partial charge on any atom is 0.416 e. The zero-order valence-corrected chi connectivity index (χ0v) is 23.9. The minimum absolute atomic E-state index is 0.625. The van der Waals surface area contributed by atoms with Crippen LogP contribution < -0.4 is 0 Å². The van der Waals surface area contributed by atoms with Crippen LogP contribution >= 0.6 is 34.4 Å². The topological polar surface area (TPSA) is 50.5 Å². The van der Waals surface area contributed by atoms with Crippen molar-refractivity contribution in [3.8, 4) is 41.8 Å². The van der Waals surface area contributed by atoms with Gasteiger partial charge in [0.15, 0.2) is 0 Å². The molecule has 0 saturated carbocycles. The van der Waals surface area contributed by atoms with Crippen LogP contribution in [-0.4, -0.2) is 8.75 Å². The van der Waals surface area contributed by atoms with E-state index in [2.05, 4.69) is 17.5 Å². The van der Waals surface area contributed by atoms with Crippen molar-refractivity contribution in [1.82, 2.24) is 8.75 Å². The molecule has 0 atom stereocenters. The number of benzene rings is 3. The quantitative estimate of drug-likeness (QED) is 0.179. The first-order chi connectivity index (χ1) is 20.1. The summed E-state index contributed by atoms with van der Waals surface area (Å²) < 4.78 is 96.4. The molecule has 0 unspecified atom stereocenters. The second-order valence-electron chi connectivity index (χ2n) is 9.15. The van der Waals surface area contributed by atoms with Crippen LogP contribution in [0.4, 0.5) is 37.7 Å². The Bertz CT molecular complexity index is 1900. The van der Waals surface area contributed by atoms with Gasteiger partial charge in [0.25, 0.3) is 0 Å². The summed E-state index contributed by atoms with van der Waals surface area (Å²) in [6, 6.07) is 17.5. The maximum absolute atomic E-state index is 13.0. The van der Waals surface area contributed by atoms with Gasteiger partial charge in [-0.3, -0.25) is 0 Å². The standard InChI is InChI=1S/C28H12F6N4S4/c29-27(30,31)15-5-1-13(2-6-15)17-9-11-19(39-17)21-23-25(37-41-35-23)22(26-24(21)36-42-38-26)20-12-10-18(40-20)14-3-7-16(8-4-14)28(32,33)34/h1-12H. The van der Waals surface area contributed by atoms with E-state index < -0.39 is 23.5 Å². The molecule has 0 spiro atoms. The molecule has 0 amide bonds. The first-order valence-corrected chi connectivity index (χ1v) is 15.1. The zero-order chi connectivity index (χ0) is 29.2. The van der Waals surface area contributed by atoms with Gasteiger partial charge >= 0.3 is 12.4 Å². The summed E-state index contributed by atoms with van der Waals surface area (Å²) in [5.74, 6) is 0. The summed E-state index contributed by atoms with van der Waals surface area (Å²) in [6.07, 6.45) is -8.82. The van der Waals surface area contributed by atoms with E-state index in [9.17, 15) is 26.3 Å². The van der Waals surface area contributed by atoms with Gasteiger partial charge in [0, 0.05) is 30.6 Å². The summed E-state index contributed by atoms with van der Waals surface area (Å²) in [5.41, 5.74) is 3.89. The Morgan fingerprint density at radius 1 is 0.476 bits per heavy atom. The molecule has 7 rings (SSSR count). The van der Waals surface area contributed by atoms with E-state index in [1.807, 2.05) is 24.3 Å². The molecule has 0 radical (unpaired) electrons. The van der Waals surface area contributed by atoms with Gasteiger partial charge in [0.1, 0.15) is 22.4 Å². The number of thiophene rings is 2. The molecule has 0 saturated heterocycles. The van der Waals surface area contributed by atoms with Gasteiger partial charge in [0.05, 0.1) is 34.2 Å². The lowest BCUT2D eigenvalue weighted by Gasteiger charge is -2.10. The molecule has 6 aromatic rings. The summed E-state index contributed by atoms with van der Waals surface area (Å²) >= 11 is 4.90. The average Bonchev–Trinajstić information content (AvgIpc) is 3.77. The third kappa shape index (κ3) is 4.68. The molecule has 1 aliphatic rings. The van der Waals surface area contributed by atoms with E-state index in [1.165, 1.54) is 46.9 Å². The predicted molar refractivity (Wildman–Crippen MR) is 156 cm³/mol. The van der Waals surface area contributed by atoms with E-state index in [4.69, 9.17) is 0 Å². The van der Waals surface area contributed by atoms with Crippen LogP contribution in [0.2, 0.25) is 0 Å².